The van der Waals surface area contributed by atoms with Gasteiger partial charge in [0.1, 0.15) is 0 Å². The minimum atomic E-state index is -3.96. The first kappa shape index (κ1) is 16.3. The van der Waals surface area contributed by atoms with Crippen LogP contribution >= 0.6 is 11.6 Å². The zero-order valence-electron chi connectivity index (χ0n) is 11.2. The normalized spacial score (nSPS) is 14.4. The van der Waals surface area contributed by atoms with E-state index >= 15 is 0 Å². The Labute approximate surface area is 118 Å². The van der Waals surface area contributed by atoms with Crippen LogP contribution < -0.4 is 4.72 Å². The zero-order chi connectivity index (χ0) is 14.7. The summed E-state index contributed by atoms with van der Waals surface area (Å²) in [4.78, 5) is 3.53. The molecule has 0 aromatic carbocycles. The molecule has 1 aromatic heterocycles. The summed E-state index contributed by atoms with van der Waals surface area (Å²) in [6, 6.07) is 2.38. The van der Waals surface area contributed by atoms with E-state index in [9.17, 15) is 12.8 Å². The van der Waals surface area contributed by atoms with Crippen molar-refractivity contribution >= 4 is 21.6 Å². The largest absolute Gasteiger partial charge is 0.261 e. The van der Waals surface area contributed by atoms with E-state index in [0.29, 0.717) is 6.42 Å². The smallest absolute Gasteiger partial charge is 0.241 e. The molecule has 0 aliphatic rings. The number of aromatic nitrogens is 1. The van der Waals surface area contributed by atoms with Crippen LogP contribution in [0.5, 0.6) is 0 Å². The van der Waals surface area contributed by atoms with Gasteiger partial charge in [0.2, 0.25) is 5.03 Å². The molecule has 0 fully saturated rings. The van der Waals surface area contributed by atoms with Gasteiger partial charge in [-0.05, 0) is 24.0 Å². The molecular weight excluding hydrogens is 291 g/mol. The third kappa shape index (κ3) is 5.42. The lowest BCUT2D eigenvalue weighted by molar-refractivity contribution is 0.369. The Hall–Kier alpha value is -0.720. The van der Waals surface area contributed by atoms with Crippen molar-refractivity contribution < 1.29 is 12.8 Å². The second kappa shape index (κ2) is 6.15. The third-order valence-electron chi connectivity index (χ3n) is 2.31. The van der Waals surface area contributed by atoms with Gasteiger partial charge in [-0.2, -0.15) is 0 Å². The number of sulfonamides is 1. The number of rotatable bonds is 5. The molecule has 0 saturated carbocycles. The van der Waals surface area contributed by atoms with E-state index in [1.54, 1.807) is 0 Å². The first-order chi connectivity index (χ1) is 8.62. The number of nitrogens with zero attached hydrogens (tertiary/aromatic N) is 1. The van der Waals surface area contributed by atoms with Gasteiger partial charge in [0.25, 0.3) is 10.0 Å². The summed E-state index contributed by atoms with van der Waals surface area (Å²) in [7, 11) is -3.96. The highest BCUT2D eigenvalue weighted by molar-refractivity contribution is 7.89. The number of nitrogens with one attached hydrogen (secondary N) is 1. The minimum Gasteiger partial charge on any atom is -0.241 e. The first-order valence-corrected chi connectivity index (χ1v) is 7.78. The van der Waals surface area contributed by atoms with E-state index in [1.165, 1.54) is 12.3 Å². The van der Waals surface area contributed by atoms with Crippen molar-refractivity contribution in [2.24, 2.45) is 5.41 Å². The van der Waals surface area contributed by atoms with Crippen LogP contribution in [-0.4, -0.2) is 25.3 Å². The van der Waals surface area contributed by atoms with E-state index < -0.39 is 20.9 Å². The predicted molar refractivity (Wildman–Crippen MR) is 73.1 cm³/mol. The number of alkyl halides is 1. The van der Waals surface area contributed by atoms with Crippen molar-refractivity contribution in [2.75, 3.05) is 6.54 Å². The molecule has 0 saturated heterocycles. The minimum absolute atomic E-state index is 0.00585. The summed E-state index contributed by atoms with van der Waals surface area (Å²) in [5.41, 5.74) is -0.00585. The van der Waals surface area contributed by atoms with Gasteiger partial charge in [-0.15, -0.1) is 11.6 Å². The summed E-state index contributed by atoms with van der Waals surface area (Å²) in [6.45, 7) is 6.07. The topological polar surface area (TPSA) is 59.1 Å². The van der Waals surface area contributed by atoms with Crippen molar-refractivity contribution in [1.29, 1.82) is 0 Å². The second-order valence-electron chi connectivity index (χ2n) is 5.50. The van der Waals surface area contributed by atoms with Gasteiger partial charge in [-0.3, -0.25) is 0 Å². The number of pyridine rings is 1. The fourth-order valence-electron chi connectivity index (χ4n) is 1.57. The fourth-order valence-corrected chi connectivity index (χ4v) is 3.29. The van der Waals surface area contributed by atoms with E-state index in [-0.39, 0.29) is 17.3 Å². The molecular formula is C12H18ClFN2O2S. The van der Waals surface area contributed by atoms with Crippen LogP contribution in [0.1, 0.15) is 27.2 Å². The highest BCUT2D eigenvalue weighted by Gasteiger charge is 2.23. The van der Waals surface area contributed by atoms with Crippen LogP contribution in [-0.2, 0) is 10.0 Å². The van der Waals surface area contributed by atoms with Crippen LogP contribution in [0.15, 0.2) is 23.4 Å². The molecule has 1 heterocycles. The van der Waals surface area contributed by atoms with Crippen LogP contribution in [0.4, 0.5) is 4.39 Å². The molecule has 4 nitrogen and oxygen atoms in total. The van der Waals surface area contributed by atoms with Gasteiger partial charge in [0.05, 0.1) is 0 Å². The molecule has 1 atom stereocenters. The fraction of sp³-hybridized carbons (Fsp3) is 0.583. The molecule has 1 unspecified atom stereocenters. The molecule has 0 bridgehead atoms. The van der Waals surface area contributed by atoms with E-state index in [0.717, 1.165) is 6.07 Å². The van der Waals surface area contributed by atoms with Gasteiger partial charge in [-0.1, -0.05) is 20.8 Å². The quantitative estimate of drug-likeness (QED) is 0.850. The molecule has 7 heteroatoms. The van der Waals surface area contributed by atoms with Crippen molar-refractivity contribution in [1.82, 2.24) is 9.71 Å². The molecule has 0 aliphatic heterocycles. The van der Waals surface area contributed by atoms with Crippen molar-refractivity contribution in [3.63, 3.8) is 0 Å². The molecule has 0 spiro atoms. The SMILES string of the molecule is CC(C)(C)CC(Cl)CNS(=O)(=O)c1ncccc1F. The lowest BCUT2D eigenvalue weighted by atomic mass is 9.90. The van der Waals surface area contributed by atoms with Crippen molar-refractivity contribution in [2.45, 2.75) is 37.6 Å². The summed E-state index contributed by atoms with van der Waals surface area (Å²) in [5.74, 6) is -0.878. The van der Waals surface area contributed by atoms with Gasteiger partial charge < -0.3 is 0 Å². The highest BCUT2D eigenvalue weighted by Crippen LogP contribution is 2.23. The van der Waals surface area contributed by atoms with Crippen LogP contribution in [0.25, 0.3) is 0 Å². The number of halogens is 2. The molecule has 0 aliphatic carbocycles. The average Bonchev–Trinajstić information content (AvgIpc) is 2.24. The average molecular weight is 309 g/mol. The maximum absolute atomic E-state index is 13.4. The lowest BCUT2D eigenvalue weighted by Gasteiger charge is -2.21. The Bertz CT molecular complexity index is 529. The third-order valence-corrected chi connectivity index (χ3v) is 3.97. The number of hydrogen-bond donors (Lipinski definition) is 1. The van der Waals surface area contributed by atoms with Gasteiger partial charge in [0, 0.05) is 18.1 Å². The Morgan fingerprint density at radius 1 is 1.47 bits per heavy atom. The molecule has 1 aromatic rings. The number of hydrogen-bond acceptors (Lipinski definition) is 3. The summed E-state index contributed by atoms with van der Waals surface area (Å²) >= 11 is 6.06. The summed E-state index contributed by atoms with van der Waals surface area (Å²) in [6.07, 6.45) is 1.87. The van der Waals surface area contributed by atoms with Crippen LogP contribution in [0.3, 0.4) is 0 Å². The Kier molecular flexibility index (Phi) is 5.29. The van der Waals surface area contributed by atoms with Crippen molar-refractivity contribution in [3.05, 3.63) is 24.1 Å². The van der Waals surface area contributed by atoms with Crippen molar-refractivity contribution in [3.8, 4) is 0 Å². The van der Waals surface area contributed by atoms with Gasteiger partial charge in [0.15, 0.2) is 5.82 Å². The van der Waals surface area contributed by atoms with E-state index in [2.05, 4.69) is 9.71 Å². The molecule has 0 amide bonds. The van der Waals surface area contributed by atoms with Crippen LogP contribution in [0, 0.1) is 11.2 Å². The van der Waals surface area contributed by atoms with Crippen LogP contribution in [0.2, 0.25) is 0 Å². The maximum Gasteiger partial charge on any atom is 0.261 e. The van der Waals surface area contributed by atoms with E-state index in [1.807, 2.05) is 20.8 Å². The molecule has 108 valence electrons. The second-order valence-corrected chi connectivity index (χ2v) is 7.80. The Morgan fingerprint density at radius 2 is 2.11 bits per heavy atom. The van der Waals surface area contributed by atoms with E-state index in [4.69, 9.17) is 11.6 Å². The summed E-state index contributed by atoms with van der Waals surface area (Å²) in [5, 5.41) is -0.962. The Balaban J connectivity index is 2.70. The molecule has 19 heavy (non-hydrogen) atoms. The Morgan fingerprint density at radius 3 is 2.63 bits per heavy atom. The highest BCUT2D eigenvalue weighted by atomic mass is 35.5. The first-order valence-electron chi connectivity index (χ1n) is 5.86. The monoisotopic (exact) mass is 308 g/mol. The van der Waals surface area contributed by atoms with Gasteiger partial charge in [-0.25, -0.2) is 22.5 Å². The summed E-state index contributed by atoms with van der Waals surface area (Å²) < 4.78 is 39.3. The molecule has 1 rings (SSSR count). The zero-order valence-corrected chi connectivity index (χ0v) is 12.7. The van der Waals surface area contributed by atoms with Gasteiger partial charge >= 0.3 is 0 Å². The lowest BCUT2D eigenvalue weighted by Crippen LogP contribution is -2.32. The maximum atomic E-state index is 13.4. The predicted octanol–water partition coefficient (Wildman–Crippen LogP) is 2.54. The molecule has 0 radical (unpaired) electrons. The molecule has 1 N–H and O–H groups in total. The standard InChI is InChI=1S/C12H18ClFN2O2S/c1-12(2,3)7-9(13)8-16-19(17,18)11-10(14)5-4-6-15-11/h4-6,9,16H,7-8H2,1-3H3.